The summed E-state index contributed by atoms with van der Waals surface area (Å²) in [5, 5.41) is 0.377. The number of rotatable bonds is 8. The lowest BCUT2D eigenvalue weighted by Gasteiger charge is -2.17. The van der Waals surface area contributed by atoms with Gasteiger partial charge in [0.1, 0.15) is 11.8 Å². The van der Waals surface area contributed by atoms with E-state index in [2.05, 4.69) is 17.8 Å². The van der Waals surface area contributed by atoms with Gasteiger partial charge in [-0.1, -0.05) is 37.1 Å². The molecule has 1 atom stereocenters. The largest absolute Gasteiger partial charge is 0.496 e. The van der Waals surface area contributed by atoms with Gasteiger partial charge in [0.05, 0.1) is 24.8 Å². The number of nitrogens with zero attached hydrogens (tertiary/aromatic N) is 1. The fourth-order valence-corrected chi connectivity index (χ4v) is 3.46. The SMILES string of the molecule is CCCCc1ccc(N2C(=O)C[C@H](NNC(=O)c3cc(Cl)ccc3OC)C2=O)cc1. The Kier molecular flexibility index (Phi) is 7.07. The molecule has 1 aliphatic rings. The molecule has 0 radical (unpaired) electrons. The van der Waals surface area contributed by atoms with Crippen LogP contribution in [-0.4, -0.2) is 30.9 Å². The van der Waals surface area contributed by atoms with Crippen LogP contribution in [0.2, 0.25) is 5.02 Å². The molecule has 1 heterocycles. The molecule has 158 valence electrons. The van der Waals surface area contributed by atoms with Crippen molar-refractivity contribution in [2.75, 3.05) is 12.0 Å². The number of carbonyl (C=O) groups is 3. The summed E-state index contributed by atoms with van der Waals surface area (Å²) in [6.07, 6.45) is 3.10. The maximum Gasteiger partial charge on any atom is 0.269 e. The van der Waals surface area contributed by atoms with Crippen molar-refractivity contribution in [3.8, 4) is 5.75 Å². The number of benzene rings is 2. The quantitative estimate of drug-likeness (QED) is 0.496. The monoisotopic (exact) mass is 429 g/mol. The van der Waals surface area contributed by atoms with E-state index in [1.54, 1.807) is 24.3 Å². The molecule has 1 saturated heterocycles. The number of carbonyl (C=O) groups excluding carboxylic acids is 3. The molecular weight excluding hydrogens is 406 g/mol. The number of nitrogens with one attached hydrogen (secondary N) is 2. The first-order chi connectivity index (χ1) is 14.4. The van der Waals surface area contributed by atoms with Crippen molar-refractivity contribution in [1.82, 2.24) is 10.9 Å². The molecule has 0 spiro atoms. The topological polar surface area (TPSA) is 87.7 Å². The molecule has 0 aliphatic carbocycles. The Bertz CT molecular complexity index is 946. The summed E-state index contributed by atoms with van der Waals surface area (Å²) >= 11 is 5.95. The van der Waals surface area contributed by atoms with E-state index in [9.17, 15) is 14.4 Å². The average molecular weight is 430 g/mol. The van der Waals surface area contributed by atoms with E-state index in [1.165, 1.54) is 13.2 Å². The minimum absolute atomic E-state index is 0.0522. The fraction of sp³-hybridized carbons (Fsp3) is 0.318. The van der Waals surface area contributed by atoms with Crippen molar-refractivity contribution in [3.05, 3.63) is 58.6 Å². The highest BCUT2D eigenvalue weighted by Gasteiger charge is 2.39. The number of ether oxygens (including phenoxy) is 1. The summed E-state index contributed by atoms with van der Waals surface area (Å²) < 4.78 is 5.16. The summed E-state index contributed by atoms with van der Waals surface area (Å²) in [5.74, 6) is -0.918. The molecule has 3 rings (SSSR count). The van der Waals surface area contributed by atoms with Crippen molar-refractivity contribution in [3.63, 3.8) is 0 Å². The predicted molar refractivity (Wildman–Crippen MR) is 115 cm³/mol. The third-order valence-electron chi connectivity index (χ3n) is 4.93. The molecule has 0 saturated carbocycles. The van der Waals surface area contributed by atoms with Gasteiger partial charge in [0.25, 0.3) is 11.8 Å². The molecule has 8 heteroatoms. The number of hydrazine groups is 1. The number of aryl methyl sites for hydroxylation is 1. The predicted octanol–water partition coefficient (Wildman–Crippen LogP) is 3.26. The Balaban J connectivity index is 1.65. The lowest BCUT2D eigenvalue weighted by molar-refractivity contribution is -0.121. The summed E-state index contributed by atoms with van der Waals surface area (Å²) in [6.45, 7) is 2.13. The third-order valence-corrected chi connectivity index (χ3v) is 5.16. The van der Waals surface area contributed by atoms with Gasteiger partial charge in [-0.3, -0.25) is 19.8 Å². The van der Waals surface area contributed by atoms with Crippen LogP contribution >= 0.6 is 11.6 Å². The van der Waals surface area contributed by atoms with Gasteiger partial charge in [-0.25, -0.2) is 10.3 Å². The smallest absolute Gasteiger partial charge is 0.269 e. The number of unbranched alkanes of at least 4 members (excludes halogenated alkanes) is 1. The first-order valence-corrected chi connectivity index (χ1v) is 10.2. The number of halogens is 1. The van der Waals surface area contributed by atoms with E-state index >= 15 is 0 Å². The zero-order chi connectivity index (χ0) is 21.7. The molecule has 0 aromatic heterocycles. The number of hydrogen-bond donors (Lipinski definition) is 2. The molecule has 7 nitrogen and oxygen atoms in total. The van der Waals surface area contributed by atoms with Crippen LogP contribution in [0, 0.1) is 0 Å². The number of imide groups is 1. The lowest BCUT2D eigenvalue weighted by atomic mass is 10.1. The third kappa shape index (κ3) is 4.80. The minimum Gasteiger partial charge on any atom is -0.496 e. The molecule has 1 aliphatic heterocycles. The first kappa shape index (κ1) is 21.8. The highest BCUT2D eigenvalue weighted by Crippen LogP contribution is 2.24. The second-order valence-electron chi connectivity index (χ2n) is 7.04. The molecule has 3 amide bonds. The Morgan fingerprint density at radius 3 is 2.60 bits per heavy atom. The zero-order valence-electron chi connectivity index (χ0n) is 16.9. The van der Waals surface area contributed by atoms with Gasteiger partial charge in [-0.05, 0) is 48.7 Å². The molecule has 2 aromatic carbocycles. The number of anilines is 1. The van der Waals surface area contributed by atoms with Crippen LogP contribution in [0.3, 0.4) is 0 Å². The Hall–Kier alpha value is -2.90. The molecule has 0 bridgehead atoms. The second-order valence-corrected chi connectivity index (χ2v) is 7.47. The molecule has 2 N–H and O–H groups in total. The van der Waals surface area contributed by atoms with E-state index in [0.29, 0.717) is 16.5 Å². The van der Waals surface area contributed by atoms with Gasteiger partial charge >= 0.3 is 0 Å². The second kappa shape index (κ2) is 9.73. The maximum absolute atomic E-state index is 12.7. The molecule has 1 fully saturated rings. The summed E-state index contributed by atoms with van der Waals surface area (Å²) in [7, 11) is 1.44. The zero-order valence-corrected chi connectivity index (χ0v) is 17.7. The summed E-state index contributed by atoms with van der Waals surface area (Å²) in [5.41, 5.74) is 7.04. The first-order valence-electron chi connectivity index (χ1n) is 9.79. The van der Waals surface area contributed by atoms with E-state index in [1.807, 2.05) is 12.1 Å². The van der Waals surface area contributed by atoms with Gasteiger partial charge in [0.15, 0.2) is 0 Å². The van der Waals surface area contributed by atoms with Crippen molar-refractivity contribution in [1.29, 1.82) is 0 Å². The van der Waals surface area contributed by atoms with Crippen molar-refractivity contribution in [2.45, 2.75) is 38.6 Å². The van der Waals surface area contributed by atoms with E-state index in [0.717, 1.165) is 29.7 Å². The van der Waals surface area contributed by atoms with Crippen LogP contribution in [-0.2, 0) is 16.0 Å². The van der Waals surface area contributed by atoms with E-state index < -0.39 is 17.9 Å². The standard InChI is InChI=1S/C22H24ClN3O4/c1-3-4-5-14-6-9-16(10-7-14)26-20(27)13-18(22(26)29)24-25-21(28)17-12-15(23)8-11-19(17)30-2/h6-12,18,24H,3-5,13H2,1-2H3,(H,25,28)/t18-/m0/s1. The van der Waals surface area contributed by atoms with Gasteiger partial charge in [0.2, 0.25) is 5.91 Å². The highest BCUT2D eigenvalue weighted by molar-refractivity contribution is 6.31. The van der Waals surface area contributed by atoms with Crippen LogP contribution in [0.25, 0.3) is 0 Å². The van der Waals surface area contributed by atoms with Gasteiger partial charge < -0.3 is 4.74 Å². The highest BCUT2D eigenvalue weighted by atomic mass is 35.5. The van der Waals surface area contributed by atoms with Gasteiger partial charge in [0, 0.05) is 5.02 Å². The van der Waals surface area contributed by atoms with Crippen LogP contribution in [0.4, 0.5) is 5.69 Å². The van der Waals surface area contributed by atoms with E-state index in [4.69, 9.17) is 16.3 Å². The molecular formula is C22H24ClN3O4. The summed E-state index contributed by atoms with van der Waals surface area (Å²) in [4.78, 5) is 38.8. The number of methoxy groups -OCH3 is 1. The van der Waals surface area contributed by atoms with Gasteiger partial charge in [-0.15, -0.1) is 0 Å². The number of amides is 3. The lowest BCUT2D eigenvalue weighted by Crippen LogP contribution is -2.48. The van der Waals surface area contributed by atoms with Crippen LogP contribution in [0.5, 0.6) is 5.75 Å². The van der Waals surface area contributed by atoms with Crippen LogP contribution < -0.4 is 20.5 Å². The normalized spacial score (nSPS) is 16.1. The maximum atomic E-state index is 12.7. The average Bonchev–Trinajstić information content (AvgIpc) is 3.04. The Morgan fingerprint density at radius 2 is 1.93 bits per heavy atom. The molecule has 2 aromatic rings. The van der Waals surface area contributed by atoms with Crippen molar-refractivity contribution >= 4 is 35.0 Å². The van der Waals surface area contributed by atoms with Crippen LogP contribution in [0.1, 0.15) is 42.1 Å². The van der Waals surface area contributed by atoms with Gasteiger partial charge in [-0.2, -0.15) is 0 Å². The van der Waals surface area contributed by atoms with Crippen molar-refractivity contribution < 1.29 is 19.1 Å². The van der Waals surface area contributed by atoms with Crippen molar-refractivity contribution in [2.24, 2.45) is 0 Å². The Labute approximate surface area is 180 Å². The summed E-state index contributed by atoms with van der Waals surface area (Å²) in [6, 6.07) is 11.2. The number of hydrogen-bond acceptors (Lipinski definition) is 5. The fourth-order valence-electron chi connectivity index (χ4n) is 3.29. The Morgan fingerprint density at radius 1 is 1.20 bits per heavy atom. The minimum atomic E-state index is -0.855. The van der Waals surface area contributed by atoms with E-state index in [-0.39, 0.29) is 17.9 Å². The van der Waals surface area contributed by atoms with Crippen LogP contribution in [0.15, 0.2) is 42.5 Å². The molecule has 30 heavy (non-hydrogen) atoms. The molecule has 0 unspecified atom stereocenters.